The van der Waals surface area contributed by atoms with Crippen molar-refractivity contribution in [1.29, 1.82) is 0 Å². The van der Waals surface area contributed by atoms with Crippen LogP contribution in [0, 0.1) is 0 Å². The van der Waals surface area contributed by atoms with Gasteiger partial charge in [-0.15, -0.1) is 11.3 Å². The number of hydrogen-bond acceptors (Lipinski definition) is 3. The molecular formula is C10H15NOS. The van der Waals surface area contributed by atoms with E-state index < -0.39 is 0 Å². The molecular weight excluding hydrogens is 182 g/mol. The van der Waals surface area contributed by atoms with E-state index in [1.165, 1.54) is 11.3 Å². The van der Waals surface area contributed by atoms with E-state index in [2.05, 4.69) is 0 Å². The Morgan fingerprint density at radius 1 is 1.62 bits per heavy atom. The molecule has 0 spiro atoms. The molecule has 0 amide bonds. The van der Waals surface area contributed by atoms with Crippen molar-refractivity contribution in [3.05, 3.63) is 22.4 Å². The number of ketones is 1. The molecule has 0 unspecified atom stereocenters. The molecule has 0 bridgehead atoms. The molecule has 0 fully saturated rings. The Morgan fingerprint density at radius 3 is 2.77 bits per heavy atom. The number of nitrogens with two attached hydrogens (primary N) is 1. The van der Waals surface area contributed by atoms with E-state index in [1.54, 1.807) is 0 Å². The first-order valence-electron chi connectivity index (χ1n) is 4.35. The maximum atomic E-state index is 11.5. The van der Waals surface area contributed by atoms with Crippen molar-refractivity contribution >= 4 is 17.1 Å². The van der Waals surface area contributed by atoms with E-state index >= 15 is 0 Å². The highest BCUT2D eigenvalue weighted by atomic mass is 32.1. The first-order chi connectivity index (χ1) is 5.99. The molecule has 13 heavy (non-hydrogen) atoms. The van der Waals surface area contributed by atoms with Gasteiger partial charge in [-0.25, -0.2) is 0 Å². The van der Waals surface area contributed by atoms with Crippen LogP contribution in [-0.4, -0.2) is 11.3 Å². The zero-order chi connectivity index (χ0) is 9.90. The Kier molecular flexibility index (Phi) is 3.22. The van der Waals surface area contributed by atoms with Gasteiger partial charge in [0.2, 0.25) is 0 Å². The summed E-state index contributed by atoms with van der Waals surface area (Å²) in [6.45, 7) is 3.88. The van der Waals surface area contributed by atoms with Crippen LogP contribution in [0.15, 0.2) is 17.5 Å². The molecule has 1 heterocycles. The lowest BCUT2D eigenvalue weighted by Gasteiger charge is -2.16. The Morgan fingerprint density at radius 2 is 2.31 bits per heavy atom. The first kappa shape index (κ1) is 10.4. The predicted octanol–water partition coefficient (Wildman–Crippen LogP) is 2.45. The summed E-state index contributed by atoms with van der Waals surface area (Å²) in [6.07, 6.45) is 1.29. The average molecular weight is 197 g/mol. The van der Waals surface area contributed by atoms with Crippen LogP contribution in [0.3, 0.4) is 0 Å². The second-order valence-corrected chi connectivity index (χ2v) is 4.84. The molecule has 0 aliphatic heterocycles. The monoisotopic (exact) mass is 197 g/mol. The Hall–Kier alpha value is -0.670. The van der Waals surface area contributed by atoms with Gasteiger partial charge in [-0.05, 0) is 31.7 Å². The van der Waals surface area contributed by atoms with Gasteiger partial charge in [-0.1, -0.05) is 6.07 Å². The maximum Gasteiger partial charge on any atom is 0.172 e. The molecule has 1 aromatic rings. The highest BCUT2D eigenvalue weighted by Crippen LogP contribution is 2.15. The lowest BCUT2D eigenvalue weighted by Crippen LogP contribution is -2.32. The fourth-order valence-electron chi connectivity index (χ4n) is 0.996. The SMILES string of the molecule is CC(C)(N)CCC(=O)c1cccs1. The van der Waals surface area contributed by atoms with Crippen LogP contribution in [-0.2, 0) is 0 Å². The van der Waals surface area contributed by atoms with Crippen LogP contribution >= 0.6 is 11.3 Å². The molecule has 3 heteroatoms. The van der Waals surface area contributed by atoms with Crippen molar-refractivity contribution in [2.45, 2.75) is 32.2 Å². The normalized spacial score (nSPS) is 11.6. The number of carbonyl (C=O) groups excluding carboxylic acids is 1. The highest BCUT2D eigenvalue weighted by molar-refractivity contribution is 7.12. The molecule has 1 rings (SSSR count). The number of Topliss-reactive ketones (excluding diaryl/α,β-unsaturated/α-hetero) is 1. The molecule has 0 saturated carbocycles. The van der Waals surface area contributed by atoms with Crippen LogP contribution in [0.25, 0.3) is 0 Å². The second-order valence-electron chi connectivity index (χ2n) is 3.89. The smallest absolute Gasteiger partial charge is 0.172 e. The minimum Gasteiger partial charge on any atom is -0.326 e. The fourth-order valence-corrected chi connectivity index (χ4v) is 1.69. The van der Waals surface area contributed by atoms with Gasteiger partial charge in [0.25, 0.3) is 0 Å². The van der Waals surface area contributed by atoms with Gasteiger partial charge < -0.3 is 5.73 Å². The van der Waals surface area contributed by atoms with Crippen LogP contribution in [0.5, 0.6) is 0 Å². The van der Waals surface area contributed by atoms with Gasteiger partial charge in [-0.3, -0.25) is 4.79 Å². The lowest BCUT2D eigenvalue weighted by atomic mass is 9.98. The fraction of sp³-hybridized carbons (Fsp3) is 0.500. The predicted molar refractivity (Wildman–Crippen MR) is 56.1 cm³/mol. The lowest BCUT2D eigenvalue weighted by molar-refractivity contribution is 0.0976. The van der Waals surface area contributed by atoms with E-state index in [0.717, 1.165) is 11.3 Å². The Labute approximate surface area is 82.8 Å². The molecule has 0 radical (unpaired) electrons. The number of carbonyl (C=O) groups is 1. The second kappa shape index (κ2) is 4.03. The highest BCUT2D eigenvalue weighted by Gasteiger charge is 2.14. The third kappa shape index (κ3) is 3.70. The quantitative estimate of drug-likeness (QED) is 0.753. The minimum absolute atomic E-state index is 0.202. The summed E-state index contributed by atoms with van der Waals surface area (Å²) in [7, 11) is 0. The summed E-state index contributed by atoms with van der Waals surface area (Å²) >= 11 is 1.49. The van der Waals surface area contributed by atoms with Crippen molar-refractivity contribution in [3.63, 3.8) is 0 Å². The van der Waals surface area contributed by atoms with E-state index in [-0.39, 0.29) is 11.3 Å². The topological polar surface area (TPSA) is 43.1 Å². The Balaban J connectivity index is 2.44. The van der Waals surface area contributed by atoms with E-state index in [4.69, 9.17) is 5.73 Å². The summed E-state index contributed by atoms with van der Waals surface area (Å²) in [5, 5.41) is 1.92. The van der Waals surface area contributed by atoms with Gasteiger partial charge in [0.15, 0.2) is 5.78 Å². The molecule has 0 aliphatic rings. The van der Waals surface area contributed by atoms with Gasteiger partial charge in [-0.2, -0.15) is 0 Å². The van der Waals surface area contributed by atoms with Crippen LogP contribution < -0.4 is 5.73 Å². The molecule has 0 saturated heterocycles. The molecule has 0 aliphatic carbocycles. The van der Waals surface area contributed by atoms with Crippen LogP contribution in [0.4, 0.5) is 0 Å². The number of rotatable bonds is 4. The Bertz CT molecular complexity index is 272. The van der Waals surface area contributed by atoms with Crippen molar-refractivity contribution in [1.82, 2.24) is 0 Å². The molecule has 0 atom stereocenters. The largest absolute Gasteiger partial charge is 0.326 e. The van der Waals surface area contributed by atoms with Gasteiger partial charge in [0, 0.05) is 12.0 Å². The van der Waals surface area contributed by atoms with E-state index in [9.17, 15) is 4.79 Å². The molecule has 2 N–H and O–H groups in total. The summed E-state index contributed by atoms with van der Waals surface area (Å²) in [5.74, 6) is 0.202. The number of thiophene rings is 1. The summed E-state index contributed by atoms with van der Waals surface area (Å²) in [5.41, 5.74) is 5.55. The van der Waals surface area contributed by atoms with Crippen molar-refractivity contribution < 1.29 is 4.79 Å². The minimum atomic E-state index is -0.243. The standard InChI is InChI=1S/C10H15NOS/c1-10(2,11)6-5-8(12)9-4-3-7-13-9/h3-4,7H,5-6,11H2,1-2H3. The van der Waals surface area contributed by atoms with Crippen molar-refractivity contribution in [2.24, 2.45) is 5.73 Å². The number of hydrogen-bond donors (Lipinski definition) is 1. The molecule has 2 nitrogen and oxygen atoms in total. The van der Waals surface area contributed by atoms with Crippen LogP contribution in [0.2, 0.25) is 0 Å². The third-order valence-electron chi connectivity index (χ3n) is 1.79. The van der Waals surface area contributed by atoms with Gasteiger partial charge in [0.1, 0.15) is 0 Å². The summed E-state index contributed by atoms with van der Waals surface area (Å²) < 4.78 is 0. The average Bonchev–Trinajstić information content (AvgIpc) is 2.50. The summed E-state index contributed by atoms with van der Waals surface area (Å²) in [6, 6.07) is 3.75. The molecule has 0 aromatic carbocycles. The van der Waals surface area contributed by atoms with Crippen molar-refractivity contribution in [2.75, 3.05) is 0 Å². The zero-order valence-electron chi connectivity index (χ0n) is 8.04. The summed E-state index contributed by atoms with van der Waals surface area (Å²) in [4.78, 5) is 12.3. The van der Waals surface area contributed by atoms with Gasteiger partial charge >= 0.3 is 0 Å². The van der Waals surface area contributed by atoms with Gasteiger partial charge in [0.05, 0.1) is 4.88 Å². The van der Waals surface area contributed by atoms with Crippen molar-refractivity contribution in [3.8, 4) is 0 Å². The maximum absolute atomic E-state index is 11.5. The first-order valence-corrected chi connectivity index (χ1v) is 5.22. The third-order valence-corrected chi connectivity index (χ3v) is 2.70. The van der Waals surface area contributed by atoms with E-state index in [1.807, 2.05) is 31.4 Å². The zero-order valence-corrected chi connectivity index (χ0v) is 8.86. The van der Waals surface area contributed by atoms with E-state index in [0.29, 0.717) is 6.42 Å². The molecule has 72 valence electrons. The van der Waals surface area contributed by atoms with Crippen LogP contribution in [0.1, 0.15) is 36.4 Å². The molecule has 1 aromatic heterocycles.